The second-order valence-corrected chi connectivity index (χ2v) is 7.06. The minimum atomic E-state index is -0.0535. The van der Waals surface area contributed by atoms with Gasteiger partial charge in [0.25, 0.3) is 0 Å². The van der Waals surface area contributed by atoms with Gasteiger partial charge in [0.2, 0.25) is 5.91 Å². The van der Waals surface area contributed by atoms with Gasteiger partial charge in [0.15, 0.2) is 0 Å². The topological polar surface area (TPSA) is 55.1 Å². The second-order valence-electron chi connectivity index (χ2n) is 7.06. The van der Waals surface area contributed by atoms with Crippen LogP contribution in [0.15, 0.2) is 30.3 Å². The van der Waals surface area contributed by atoms with Crippen molar-refractivity contribution in [3.63, 3.8) is 0 Å². The number of benzene rings is 1. The van der Waals surface area contributed by atoms with Crippen LogP contribution in [0.4, 0.5) is 0 Å². The van der Waals surface area contributed by atoms with Gasteiger partial charge in [0, 0.05) is 18.5 Å². The zero-order valence-corrected chi connectivity index (χ0v) is 13.3. The van der Waals surface area contributed by atoms with Gasteiger partial charge >= 0.3 is 0 Å². The van der Waals surface area contributed by atoms with E-state index in [-0.39, 0.29) is 11.9 Å². The number of carbonyl (C=O) groups excluding carboxylic acids is 1. The Morgan fingerprint density at radius 2 is 1.90 bits per heavy atom. The van der Waals surface area contributed by atoms with E-state index < -0.39 is 0 Å². The first-order chi connectivity index (χ1) is 9.96. The number of nitrogens with one attached hydrogen (secondary N) is 1. The summed E-state index contributed by atoms with van der Waals surface area (Å²) < 4.78 is 0. The lowest BCUT2D eigenvalue weighted by Crippen LogP contribution is -2.39. The highest BCUT2D eigenvalue weighted by Crippen LogP contribution is 2.35. The molecule has 1 aliphatic rings. The van der Waals surface area contributed by atoms with E-state index in [1.165, 1.54) is 12.8 Å². The number of hydrogen-bond acceptors (Lipinski definition) is 2. The van der Waals surface area contributed by atoms with Gasteiger partial charge in [0.05, 0.1) is 0 Å². The van der Waals surface area contributed by atoms with Crippen LogP contribution in [0.25, 0.3) is 0 Å². The van der Waals surface area contributed by atoms with E-state index in [9.17, 15) is 4.79 Å². The Morgan fingerprint density at radius 3 is 2.52 bits per heavy atom. The van der Waals surface area contributed by atoms with Crippen LogP contribution in [0.1, 0.15) is 64.0 Å². The molecule has 1 unspecified atom stereocenters. The summed E-state index contributed by atoms with van der Waals surface area (Å²) in [5, 5.41) is 3.17. The van der Waals surface area contributed by atoms with E-state index >= 15 is 0 Å². The lowest BCUT2D eigenvalue weighted by Gasteiger charge is -2.34. The predicted octanol–water partition coefficient (Wildman–Crippen LogP) is 3.55. The van der Waals surface area contributed by atoms with Gasteiger partial charge in [-0.15, -0.1) is 0 Å². The van der Waals surface area contributed by atoms with Crippen LogP contribution in [0.3, 0.4) is 0 Å². The molecule has 0 heterocycles. The number of rotatable bonds is 5. The summed E-state index contributed by atoms with van der Waals surface area (Å²) in [5.41, 5.74) is 7.67. The Morgan fingerprint density at radius 1 is 1.29 bits per heavy atom. The molecule has 3 heteroatoms. The van der Waals surface area contributed by atoms with Gasteiger partial charge in [-0.25, -0.2) is 0 Å². The van der Waals surface area contributed by atoms with Gasteiger partial charge in [-0.05, 0) is 43.1 Å². The molecule has 1 aromatic carbocycles. The average Bonchev–Trinajstić information content (AvgIpc) is 2.48. The molecule has 1 aliphatic carbocycles. The molecule has 116 valence electrons. The standard InChI is InChI=1S/C18H28N2O/c1-18(2)12-10-15(11-13-18)20-17(21)9-8-16(19)14-6-4-3-5-7-14/h3-7,15-16H,8-13,19H2,1-2H3,(H,20,21). The first-order valence-electron chi connectivity index (χ1n) is 8.06. The minimum Gasteiger partial charge on any atom is -0.353 e. The fraction of sp³-hybridized carbons (Fsp3) is 0.611. The van der Waals surface area contributed by atoms with Crippen molar-refractivity contribution in [1.82, 2.24) is 5.32 Å². The molecule has 21 heavy (non-hydrogen) atoms. The Kier molecular flexibility index (Phi) is 5.40. The molecule has 0 bridgehead atoms. The highest BCUT2D eigenvalue weighted by molar-refractivity contribution is 5.76. The molecule has 1 saturated carbocycles. The molecule has 0 spiro atoms. The molecule has 0 aliphatic heterocycles. The van der Waals surface area contributed by atoms with Crippen LogP contribution in [0, 0.1) is 5.41 Å². The van der Waals surface area contributed by atoms with Crippen LogP contribution >= 0.6 is 0 Å². The van der Waals surface area contributed by atoms with Crippen molar-refractivity contribution in [1.29, 1.82) is 0 Å². The minimum absolute atomic E-state index is 0.0535. The summed E-state index contributed by atoms with van der Waals surface area (Å²) in [6, 6.07) is 10.3. The van der Waals surface area contributed by atoms with Crippen molar-refractivity contribution in [2.24, 2.45) is 11.1 Å². The number of carbonyl (C=O) groups is 1. The van der Waals surface area contributed by atoms with E-state index in [1.807, 2.05) is 30.3 Å². The van der Waals surface area contributed by atoms with Crippen molar-refractivity contribution >= 4 is 5.91 Å². The average molecular weight is 288 g/mol. The summed E-state index contributed by atoms with van der Waals surface area (Å²) in [5.74, 6) is 0.145. The van der Waals surface area contributed by atoms with Gasteiger partial charge < -0.3 is 11.1 Å². The maximum absolute atomic E-state index is 12.0. The molecule has 0 radical (unpaired) electrons. The second kappa shape index (κ2) is 7.08. The van der Waals surface area contributed by atoms with Crippen LogP contribution < -0.4 is 11.1 Å². The zero-order chi connectivity index (χ0) is 15.3. The lowest BCUT2D eigenvalue weighted by atomic mass is 9.75. The van der Waals surface area contributed by atoms with Crippen LogP contribution in [-0.2, 0) is 4.79 Å². The fourth-order valence-corrected chi connectivity index (χ4v) is 3.00. The highest BCUT2D eigenvalue weighted by atomic mass is 16.1. The normalized spacial score (nSPS) is 20.0. The first kappa shape index (κ1) is 16.0. The number of amides is 1. The van der Waals surface area contributed by atoms with Crippen molar-refractivity contribution in [3.05, 3.63) is 35.9 Å². The maximum atomic E-state index is 12.0. The lowest BCUT2D eigenvalue weighted by molar-refractivity contribution is -0.122. The third-order valence-corrected chi connectivity index (χ3v) is 4.61. The molecule has 1 aromatic rings. The Hall–Kier alpha value is -1.35. The summed E-state index contributed by atoms with van der Waals surface area (Å²) in [6.07, 6.45) is 5.81. The maximum Gasteiger partial charge on any atom is 0.220 e. The van der Waals surface area contributed by atoms with E-state index in [2.05, 4.69) is 19.2 Å². The fourth-order valence-electron chi connectivity index (χ4n) is 3.00. The van der Waals surface area contributed by atoms with E-state index in [1.54, 1.807) is 0 Å². The first-order valence-corrected chi connectivity index (χ1v) is 8.06. The SMILES string of the molecule is CC1(C)CCC(NC(=O)CCC(N)c2ccccc2)CC1. The van der Waals surface area contributed by atoms with Gasteiger partial charge in [-0.3, -0.25) is 4.79 Å². The molecule has 0 aromatic heterocycles. The summed E-state index contributed by atoms with van der Waals surface area (Å²) in [4.78, 5) is 12.0. The van der Waals surface area contributed by atoms with E-state index in [0.717, 1.165) is 18.4 Å². The van der Waals surface area contributed by atoms with Crippen molar-refractivity contribution in [3.8, 4) is 0 Å². The molecular formula is C18H28N2O. The molecule has 3 nitrogen and oxygen atoms in total. The van der Waals surface area contributed by atoms with Crippen molar-refractivity contribution in [2.45, 2.75) is 64.5 Å². The summed E-state index contributed by atoms with van der Waals surface area (Å²) in [6.45, 7) is 4.62. The number of nitrogens with two attached hydrogens (primary N) is 1. The Balaban J connectivity index is 1.71. The highest BCUT2D eigenvalue weighted by Gasteiger charge is 2.27. The Bertz CT molecular complexity index is 446. The monoisotopic (exact) mass is 288 g/mol. The summed E-state index contributed by atoms with van der Waals surface area (Å²) in [7, 11) is 0. The predicted molar refractivity (Wildman–Crippen MR) is 86.8 cm³/mol. The van der Waals surface area contributed by atoms with Crippen molar-refractivity contribution in [2.75, 3.05) is 0 Å². The van der Waals surface area contributed by atoms with Gasteiger partial charge in [-0.2, -0.15) is 0 Å². The summed E-state index contributed by atoms with van der Waals surface area (Å²) >= 11 is 0. The molecule has 3 N–H and O–H groups in total. The van der Waals surface area contributed by atoms with Crippen LogP contribution in [-0.4, -0.2) is 11.9 Å². The smallest absolute Gasteiger partial charge is 0.220 e. The largest absolute Gasteiger partial charge is 0.353 e. The molecular weight excluding hydrogens is 260 g/mol. The molecule has 1 fully saturated rings. The van der Waals surface area contributed by atoms with E-state index in [4.69, 9.17) is 5.73 Å². The molecule has 1 amide bonds. The zero-order valence-electron chi connectivity index (χ0n) is 13.3. The van der Waals surface area contributed by atoms with Crippen molar-refractivity contribution < 1.29 is 4.79 Å². The molecule has 2 rings (SSSR count). The Labute approximate surface area is 128 Å². The third kappa shape index (κ3) is 5.16. The third-order valence-electron chi connectivity index (χ3n) is 4.61. The van der Waals surface area contributed by atoms with Crippen LogP contribution in [0.2, 0.25) is 0 Å². The van der Waals surface area contributed by atoms with E-state index in [0.29, 0.717) is 24.3 Å². The molecule has 0 saturated heterocycles. The van der Waals surface area contributed by atoms with Gasteiger partial charge in [-0.1, -0.05) is 44.2 Å². The molecule has 1 atom stereocenters. The van der Waals surface area contributed by atoms with Gasteiger partial charge in [0.1, 0.15) is 0 Å². The van der Waals surface area contributed by atoms with Crippen LogP contribution in [0.5, 0.6) is 0 Å². The number of hydrogen-bond donors (Lipinski definition) is 2. The quantitative estimate of drug-likeness (QED) is 0.870.